The first-order chi connectivity index (χ1) is 15.1. The lowest BCUT2D eigenvalue weighted by atomic mass is 9.68. The number of hydrogen-bond acceptors (Lipinski definition) is 0. The fourth-order valence-electron chi connectivity index (χ4n) is 5.28. The Labute approximate surface area is 184 Å². The van der Waals surface area contributed by atoms with Crippen molar-refractivity contribution in [2.24, 2.45) is 23.7 Å². The van der Waals surface area contributed by atoms with Crippen LogP contribution in [0.5, 0.6) is 0 Å². The molecule has 0 radical (unpaired) electrons. The molecule has 2 aliphatic carbocycles. The van der Waals surface area contributed by atoms with Gasteiger partial charge in [0.1, 0.15) is 17.5 Å². The standard InChI is InChI=1S/C25H29F7/c1-2-15-3-5-16(6-4-15)17-7-9-18(10-8-17)23(28)24(29)19-13-21(26)20(22(27)14-19)11-12-25(30,31)32/h11-18H,2-10H2,1H3/b12-11+,24-23+. The summed E-state index contributed by atoms with van der Waals surface area (Å²) in [6.45, 7) is 2.21. The van der Waals surface area contributed by atoms with Gasteiger partial charge in [0.25, 0.3) is 0 Å². The normalized spacial score (nSPS) is 28.1. The summed E-state index contributed by atoms with van der Waals surface area (Å²) in [6.07, 6.45) is 3.79. The van der Waals surface area contributed by atoms with Crippen LogP contribution in [0.2, 0.25) is 0 Å². The van der Waals surface area contributed by atoms with Crippen LogP contribution in [-0.2, 0) is 0 Å². The molecule has 0 aliphatic heterocycles. The van der Waals surface area contributed by atoms with Gasteiger partial charge in [-0.15, -0.1) is 0 Å². The Morgan fingerprint density at radius 2 is 1.38 bits per heavy atom. The first kappa shape index (κ1) is 24.8. The van der Waals surface area contributed by atoms with Crippen LogP contribution in [0.25, 0.3) is 11.9 Å². The highest BCUT2D eigenvalue weighted by molar-refractivity contribution is 5.64. The molecule has 0 unspecified atom stereocenters. The van der Waals surface area contributed by atoms with Crippen LogP contribution in [0.4, 0.5) is 30.7 Å². The summed E-state index contributed by atoms with van der Waals surface area (Å²) >= 11 is 0. The minimum Gasteiger partial charge on any atom is -0.208 e. The van der Waals surface area contributed by atoms with E-state index in [4.69, 9.17) is 0 Å². The van der Waals surface area contributed by atoms with Crippen LogP contribution in [-0.4, -0.2) is 6.18 Å². The predicted octanol–water partition coefficient (Wildman–Crippen LogP) is 9.17. The Kier molecular flexibility index (Phi) is 8.10. The molecule has 1 aromatic carbocycles. The second-order valence-corrected chi connectivity index (χ2v) is 9.19. The van der Waals surface area contributed by atoms with Crippen LogP contribution in [0.15, 0.2) is 24.0 Å². The van der Waals surface area contributed by atoms with Gasteiger partial charge in [0.05, 0.1) is 0 Å². The molecule has 0 aromatic heterocycles. The number of alkyl halides is 3. The van der Waals surface area contributed by atoms with Crippen molar-refractivity contribution < 1.29 is 30.7 Å². The molecule has 2 aliphatic rings. The van der Waals surface area contributed by atoms with E-state index in [2.05, 4.69) is 6.92 Å². The SMILES string of the molecule is CCC1CCC(C2CCC(/C(F)=C(\F)c3cc(F)c(/C=C/C(F)(F)F)c(F)c3)CC2)CC1. The van der Waals surface area contributed by atoms with E-state index >= 15 is 0 Å². The summed E-state index contributed by atoms with van der Waals surface area (Å²) in [7, 11) is 0. The zero-order chi connectivity index (χ0) is 23.5. The highest BCUT2D eigenvalue weighted by atomic mass is 19.4. The maximum Gasteiger partial charge on any atom is 0.409 e. The Morgan fingerprint density at radius 3 is 1.84 bits per heavy atom. The van der Waals surface area contributed by atoms with Crippen molar-refractivity contribution in [3.05, 3.63) is 46.8 Å². The molecule has 32 heavy (non-hydrogen) atoms. The summed E-state index contributed by atoms with van der Waals surface area (Å²) in [5.74, 6) is -3.84. The molecule has 0 bridgehead atoms. The molecule has 3 rings (SSSR count). The average molecular weight is 462 g/mol. The molecule has 0 spiro atoms. The molecule has 178 valence electrons. The molecular formula is C25H29F7. The second-order valence-electron chi connectivity index (χ2n) is 9.19. The van der Waals surface area contributed by atoms with Gasteiger partial charge >= 0.3 is 6.18 Å². The maximum atomic E-state index is 14.8. The predicted molar refractivity (Wildman–Crippen MR) is 112 cm³/mol. The van der Waals surface area contributed by atoms with Crippen molar-refractivity contribution in [2.45, 2.75) is 70.9 Å². The Balaban J connectivity index is 1.66. The third-order valence-electron chi connectivity index (χ3n) is 7.25. The molecule has 0 nitrogen and oxygen atoms in total. The van der Waals surface area contributed by atoms with Gasteiger partial charge in [-0.1, -0.05) is 26.2 Å². The third kappa shape index (κ3) is 6.16. The average Bonchev–Trinajstić information content (AvgIpc) is 2.77. The zero-order valence-corrected chi connectivity index (χ0v) is 18.1. The van der Waals surface area contributed by atoms with Crippen molar-refractivity contribution in [3.8, 4) is 0 Å². The summed E-state index contributed by atoms with van der Waals surface area (Å²) in [6, 6.07) is 1.07. The molecule has 0 heterocycles. The Morgan fingerprint density at radius 1 is 0.875 bits per heavy atom. The molecular weight excluding hydrogens is 433 g/mol. The molecule has 2 fully saturated rings. The van der Waals surface area contributed by atoms with Crippen molar-refractivity contribution in [3.63, 3.8) is 0 Å². The molecule has 0 N–H and O–H groups in total. The lowest BCUT2D eigenvalue weighted by Gasteiger charge is -2.37. The first-order valence-corrected chi connectivity index (χ1v) is 11.4. The lowest BCUT2D eigenvalue weighted by molar-refractivity contribution is -0.0790. The molecule has 0 atom stereocenters. The van der Waals surface area contributed by atoms with Gasteiger partial charge in [0.2, 0.25) is 0 Å². The maximum absolute atomic E-state index is 14.8. The van der Waals surface area contributed by atoms with E-state index in [1.54, 1.807) is 0 Å². The zero-order valence-electron chi connectivity index (χ0n) is 18.1. The quantitative estimate of drug-likeness (QED) is 0.383. The highest BCUT2D eigenvalue weighted by Gasteiger charge is 2.33. The van der Waals surface area contributed by atoms with Gasteiger partial charge in [-0.25, -0.2) is 17.6 Å². The van der Waals surface area contributed by atoms with Crippen LogP contribution in [0, 0.1) is 35.3 Å². The van der Waals surface area contributed by atoms with E-state index in [0.29, 0.717) is 36.8 Å². The van der Waals surface area contributed by atoms with E-state index < -0.39 is 46.5 Å². The molecule has 0 saturated heterocycles. The van der Waals surface area contributed by atoms with Crippen LogP contribution >= 0.6 is 0 Å². The van der Waals surface area contributed by atoms with Crippen molar-refractivity contribution in [1.29, 1.82) is 0 Å². The Bertz CT molecular complexity index is 813. The number of rotatable bonds is 5. The summed E-state index contributed by atoms with van der Waals surface area (Å²) < 4.78 is 94.4. The molecule has 2 saturated carbocycles. The van der Waals surface area contributed by atoms with Gasteiger partial charge < -0.3 is 0 Å². The van der Waals surface area contributed by atoms with Gasteiger partial charge in [-0.3, -0.25) is 0 Å². The van der Waals surface area contributed by atoms with E-state index in [1.165, 1.54) is 32.1 Å². The summed E-state index contributed by atoms with van der Waals surface area (Å²) in [4.78, 5) is 0. The van der Waals surface area contributed by atoms with Crippen LogP contribution in [0.3, 0.4) is 0 Å². The van der Waals surface area contributed by atoms with Gasteiger partial charge in [0, 0.05) is 23.1 Å². The van der Waals surface area contributed by atoms with E-state index in [1.807, 2.05) is 0 Å². The van der Waals surface area contributed by atoms with Crippen LogP contribution in [0.1, 0.15) is 75.8 Å². The second kappa shape index (κ2) is 10.4. The first-order valence-electron chi connectivity index (χ1n) is 11.4. The lowest BCUT2D eigenvalue weighted by Crippen LogP contribution is -2.26. The smallest absolute Gasteiger partial charge is 0.208 e. The van der Waals surface area contributed by atoms with E-state index in [-0.39, 0.29) is 12.2 Å². The molecule has 0 amide bonds. The topological polar surface area (TPSA) is 0 Å². The van der Waals surface area contributed by atoms with Gasteiger partial charge in [0.15, 0.2) is 5.83 Å². The van der Waals surface area contributed by atoms with Gasteiger partial charge in [-0.2, -0.15) is 13.2 Å². The number of allylic oxidation sites excluding steroid dienone is 2. The number of halogens is 7. The minimum absolute atomic E-state index is 0.238. The summed E-state index contributed by atoms with van der Waals surface area (Å²) in [5.41, 5.74) is -1.58. The van der Waals surface area contributed by atoms with E-state index in [0.717, 1.165) is 18.8 Å². The van der Waals surface area contributed by atoms with Crippen LogP contribution < -0.4 is 0 Å². The Hall–Kier alpha value is -1.79. The number of benzene rings is 1. The van der Waals surface area contributed by atoms with Gasteiger partial charge in [-0.05, 0) is 74.5 Å². The largest absolute Gasteiger partial charge is 0.409 e. The third-order valence-corrected chi connectivity index (χ3v) is 7.25. The van der Waals surface area contributed by atoms with E-state index in [9.17, 15) is 30.7 Å². The fourth-order valence-corrected chi connectivity index (χ4v) is 5.28. The van der Waals surface area contributed by atoms with Crippen molar-refractivity contribution in [1.82, 2.24) is 0 Å². The summed E-state index contributed by atoms with van der Waals surface area (Å²) in [5, 5.41) is 0. The highest BCUT2D eigenvalue weighted by Crippen LogP contribution is 2.44. The minimum atomic E-state index is -4.75. The molecule has 7 heteroatoms. The van der Waals surface area contributed by atoms with Crippen molar-refractivity contribution in [2.75, 3.05) is 0 Å². The molecule has 1 aromatic rings. The monoisotopic (exact) mass is 462 g/mol. The number of hydrogen-bond donors (Lipinski definition) is 0. The fraction of sp³-hybridized carbons (Fsp3) is 0.600. The van der Waals surface area contributed by atoms with Crippen molar-refractivity contribution >= 4 is 11.9 Å².